The van der Waals surface area contributed by atoms with Crippen LogP contribution in [-0.2, 0) is 7.05 Å². The Kier molecular flexibility index (Phi) is 3.08. The monoisotopic (exact) mass is 286 g/mol. The topological polar surface area (TPSA) is 52.7 Å². The van der Waals surface area contributed by atoms with Crippen molar-refractivity contribution >= 4 is 10.9 Å². The molecule has 3 rings (SSSR count). The van der Waals surface area contributed by atoms with Gasteiger partial charge < -0.3 is 0 Å². The SMILES string of the molecule is CC(C)c1nn(C)c(=O)c2c1cnn2-c1ccc(F)cc1. The third-order valence-corrected chi connectivity index (χ3v) is 3.42. The van der Waals surface area contributed by atoms with Crippen LogP contribution in [0, 0.1) is 5.82 Å². The van der Waals surface area contributed by atoms with Crippen molar-refractivity contribution in [2.24, 2.45) is 7.05 Å². The van der Waals surface area contributed by atoms with E-state index in [9.17, 15) is 9.18 Å². The predicted molar refractivity (Wildman–Crippen MR) is 78.2 cm³/mol. The molecule has 6 heteroatoms. The molecule has 0 N–H and O–H groups in total. The molecule has 0 fully saturated rings. The summed E-state index contributed by atoms with van der Waals surface area (Å²) in [6.07, 6.45) is 1.64. The third-order valence-electron chi connectivity index (χ3n) is 3.42. The van der Waals surface area contributed by atoms with Crippen LogP contribution in [0.15, 0.2) is 35.3 Å². The Labute approximate surface area is 120 Å². The maximum absolute atomic E-state index is 13.1. The van der Waals surface area contributed by atoms with Crippen molar-refractivity contribution in [2.75, 3.05) is 0 Å². The van der Waals surface area contributed by atoms with Crippen LogP contribution in [0.4, 0.5) is 4.39 Å². The summed E-state index contributed by atoms with van der Waals surface area (Å²) in [5.41, 5.74) is 1.70. The molecule has 0 aliphatic heterocycles. The van der Waals surface area contributed by atoms with Gasteiger partial charge in [0, 0.05) is 12.4 Å². The highest BCUT2D eigenvalue weighted by molar-refractivity contribution is 5.81. The van der Waals surface area contributed by atoms with Gasteiger partial charge in [-0.05, 0) is 30.2 Å². The maximum Gasteiger partial charge on any atom is 0.293 e. The summed E-state index contributed by atoms with van der Waals surface area (Å²) in [5.74, 6) is -0.155. The summed E-state index contributed by atoms with van der Waals surface area (Å²) in [6.45, 7) is 4.03. The van der Waals surface area contributed by atoms with E-state index in [4.69, 9.17) is 0 Å². The number of halogens is 1. The van der Waals surface area contributed by atoms with Gasteiger partial charge in [-0.2, -0.15) is 10.2 Å². The van der Waals surface area contributed by atoms with Gasteiger partial charge in [0.2, 0.25) is 0 Å². The summed E-state index contributed by atoms with van der Waals surface area (Å²) >= 11 is 0. The molecule has 0 aliphatic rings. The van der Waals surface area contributed by atoms with Crippen LogP contribution in [0.5, 0.6) is 0 Å². The molecule has 1 aromatic carbocycles. The van der Waals surface area contributed by atoms with Crippen LogP contribution < -0.4 is 5.56 Å². The second kappa shape index (κ2) is 4.80. The molecule has 3 aromatic rings. The van der Waals surface area contributed by atoms with Gasteiger partial charge in [0.05, 0.1) is 17.6 Å². The highest BCUT2D eigenvalue weighted by Crippen LogP contribution is 2.22. The van der Waals surface area contributed by atoms with Crippen molar-refractivity contribution in [3.63, 3.8) is 0 Å². The molecule has 0 saturated carbocycles. The van der Waals surface area contributed by atoms with E-state index in [0.717, 1.165) is 11.1 Å². The van der Waals surface area contributed by atoms with Gasteiger partial charge in [0.25, 0.3) is 5.56 Å². The lowest BCUT2D eigenvalue weighted by atomic mass is 10.1. The highest BCUT2D eigenvalue weighted by Gasteiger charge is 2.17. The van der Waals surface area contributed by atoms with Crippen molar-refractivity contribution in [1.82, 2.24) is 19.6 Å². The minimum absolute atomic E-state index is 0.171. The number of fused-ring (bicyclic) bond motifs is 1. The Morgan fingerprint density at radius 3 is 2.48 bits per heavy atom. The highest BCUT2D eigenvalue weighted by atomic mass is 19.1. The molecule has 2 heterocycles. The van der Waals surface area contributed by atoms with Crippen LogP contribution in [0.3, 0.4) is 0 Å². The molecule has 2 aromatic heterocycles. The number of hydrogen-bond donors (Lipinski definition) is 0. The summed E-state index contributed by atoms with van der Waals surface area (Å²) in [5, 5.41) is 9.33. The first-order valence-corrected chi connectivity index (χ1v) is 6.70. The van der Waals surface area contributed by atoms with Gasteiger partial charge in [-0.3, -0.25) is 4.79 Å². The zero-order valence-electron chi connectivity index (χ0n) is 12.0. The Balaban J connectivity index is 2.36. The second-order valence-electron chi connectivity index (χ2n) is 5.26. The number of aromatic nitrogens is 4. The van der Waals surface area contributed by atoms with Crippen molar-refractivity contribution < 1.29 is 4.39 Å². The molecule has 0 amide bonds. The lowest BCUT2D eigenvalue weighted by Gasteiger charge is -2.09. The molecule has 5 nitrogen and oxygen atoms in total. The van der Waals surface area contributed by atoms with Crippen LogP contribution >= 0.6 is 0 Å². The lowest BCUT2D eigenvalue weighted by molar-refractivity contribution is 0.627. The summed E-state index contributed by atoms with van der Waals surface area (Å²) in [6, 6.07) is 5.88. The van der Waals surface area contributed by atoms with Crippen LogP contribution in [0.1, 0.15) is 25.5 Å². The Hall–Kier alpha value is -2.50. The summed E-state index contributed by atoms with van der Waals surface area (Å²) in [4.78, 5) is 12.4. The molecule has 108 valence electrons. The Morgan fingerprint density at radius 1 is 1.19 bits per heavy atom. The smallest absolute Gasteiger partial charge is 0.265 e. The van der Waals surface area contributed by atoms with Gasteiger partial charge in [-0.25, -0.2) is 13.8 Å². The molecule has 0 saturated heterocycles. The molecule has 0 unspecified atom stereocenters. The average molecular weight is 286 g/mol. The molecule has 0 radical (unpaired) electrons. The van der Waals surface area contributed by atoms with Crippen LogP contribution in [0.2, 0.25) is 0 Å². The van der Waals surface area contributed by atoms with Crippen molar-refractivity contribution in [3.8, 4) is 5.69 Å². The third kappa shape index (κ3) is 2.12. The van der Waals surface area contributed by atoms with E-state index in [1.807, 2.05) is 13.8 Å². The normalized spacial score (nSPS) is 11.5. The van der Waals surface area contributed by atoms with Crippen molar-refractivity contribution in [2.45, 2.75) is 19.8 Å². The summed E-state index contributed by atoms with van der Waals surface area (Å²) in [7, 11) is 1.62. The lowest BCUT2D eigenvalue weighted by Crippen LogP contribution is -2.23. The van der Waals surface area contributed by atoms with E-state index < -0.39 is 0 Å². The standard InChI is InChI=1S/C15H15FN4O/c1-9(2)13-12-8-17-20(11-6-4-10(16)5-7-11)14(12)15(21)19(3)18-13/h4-9H,1-3H3. The van der Waals surface area contributed by atoms with Gasteiger partial charge in [0.1, 0.15) is 11.3 Å². The zero-order chi connectivity index (χ0) is 15.1. The van der Waals surface area contributed by atoms with E-state index in [-0.39, 0.29) is 17.3 Å². The van der Waals surface area contributed by atoms with Crippen molar-refractivity contribution in [1.29, 1.82) is 0 Å². The van der Waals surface area contributed by atoms with Crippen LogP contribution in [-0.4, -0.2) is 19.6 Å². The molecular formula is C15H15FN4O. The Morgan fingerprint density at radius 2 is 1.86 bits per heavy atom. The van der Waals surface area contributed by atoms with Gasteiger partial charge >= 0.3 is 0 Å². The first-order chi connectivity index (χ1) is 9.99. The average Bonchev–Trinajstić information content (AvgIpc) is 2.88. The fourth-order valence-corrected chi connectivity index (χ4v) is 2.36. The molecule has 21 heavy (non-hydrogen) atoms. The number of benzene rings is 1. The first-order valence-electron chi connectivity index (χ1n) is 6.70. The van der Waals surface area contributed by atoms with E-state index in [2.05, 4.69) is 10.2 Å². The maximum atomic E-state index is 13.1. The van der Waals surface area contributed by atoms with Gasteiger partial charge in [0.15, 0.2) is 0 Å². The van der Waals surface area contributed by atoms with E-state index in [0.29, 0.717) is 11.2 Å². The molecule has 0 bridgehead atoms. The fourth-order valence-electron chi connectivity index (χ4n) is 2.36. The van der Waals surface area contributed by atoms with E-state index >= 15 is 0 Å². The largest absolute Gasteiger partial charge is 0.293 e. The fraction of sp³-hybridized carbons (Fsp3) is 0.267. The summed E-state index contributed by atoms with van der Waals surface area (Å²) < 4.78 is 15.9. The number of hydrogen-bond acceptors (Lipinski definition) is 3. The quantitative estimate of drug-likeness (QED) is 0.727. The number of nitrogens with zero attached hydrogens (tertiary/aromatic N) is 4. The molecular weight excluding hydrogens is 271 g/mol. The zero-order valence-corrected chi connectivity index (χ0v) is 12.0. The minimum Gasteiger partial charge on any atom is -0.265 e. The number of aryl methyl sites for hydroxylation is 1. The van der Waals surface area contributed by atoms with Crippen molar-refractivity contribution in [3.05, 3.63) is 52.3 Å². The second-order valence-corrected chi connectivity index (χ2v) is 5.26. The van der Waals surface area contributed by atoms with Gasteiger partial charge in [-0.1, -0.05) is 13.8 Å². The molecule has 0 aliphatic carbocycles. The van der Waals surface area contributed by atoms with E-state index in [1.165, 1.54) is 21.5 Å². The van der Waals surface area contributed by atoms with E-state index in [1.54, 1.807) is 25.4 Å². The number of rotatable bonds is 2. The Bertz CT molecular complexity index is 862. The van der Waals surface area contributed by atoms with Gasteiger partial charge in [-0.15, -0.1) is 0 Å². The minimum atomic E-state index is -0.326. The first kappa shape index (κ1) is 13.5. The van der Waals surface area contributed by atoms with Crippen LogP contribution in [0.25, 0.3) is 16.6 Å². The molecule has 0 atom stereocenters. The molecule has 0 spiro atoms. The predicted octanol–water partition coefficient (Wildman–Crippen LogP) is 2.38.